The van der Waals surface area contributed by atoms with Crippen molar-refractivity contribution in [1.82, 2.24) is 10.2 Å². The second-order valence-electron chi connectivity index (χ2n) is 5.86. The third-order valence-corrected chi connectivity index (χ3v) is 4.13. The highest BCUT2D eigenvalue weighted by atomic mass is 16.5. The Kier molecular flexibility index (Phi) is 5.80. The number of hydrogen-bond donors (Lipinski definition) is 2. The first-order valence-electron chi connectivity index (χ1n) is 7.14. The second-order valence-corrected chi connectivity index (χ2v) is 5.86. The fourth-order valence-corrected chi connectivity index (χ4v) is 2.71. The van der Waals surface area contributed by atoms with E-state index in [2.05, 4.69) is 19.2 Å². The summed E-state index contributed by atoms with van der Waals surface area (Å²) in [5.74, 6) is -0.840. The third kappa shape index (κ3) is 3.85. The molecule has 1 aliphatic rings. The molecule has 0 aromatic heterocycles. The van der Waals surface area contributed by atoms with Crippen LogP contribution in [0.1, 0.15) is 40.0 Å². The summed E-state index contributed by atoms with van der Waals surface area (Å²) in [5, 5.41) is 11.3. The summed E-state index contributed by atoms with van der Waals surface area (Å²) in [7, 11) is 1.78. The summed E-state index contributed by atoms with van der Waals surface area (Å²) in [4.78, 5) is 24.1. The van der Waals surface area contributed by atoms with E-state index in [0.29, 0.717) is 19.6 Å². The Labute approximate surface area is 120 Å². The van der Waals surface area contributed by atoms with E-state index in [1.54, 1.807) is 11.9 Å². The molecule has 2 amide bonds. The lowest BCUT2D eigenvalue weighted by Crippen LogP contribution is -2.63. The van der Waals surface area contributed by atoms with E-state index in [4.69, 9.17) is 9.84 Å². The first-order valence-corrected chi connectivity index (χ1v) is 7.14. The monoisotopic (exact) mass is 286 g/mol. The van der Waals surface area contributed by atoms with E-state index in [1.807, 2.05) is 6.92 Å². The Morgan fingerprint density at radius 2 is 2.10 bits per heavy atom. The van der Waals surface area contributed by atoms with Gasteiger partial charge in [0.05, 0.1) is 6.10 Å². The molecule has 0 heterocycles. The fourth-order valence-electron chi connectivity index (χ4n) is 2.71. The SMILES string of the molecule is CCOC1CC(N(C)C(=O)NCCCC(=O)O)C1(C)C. The third-order valence-electron chi connectivity index (χ3n) is 4.13. The molecule has 0 aromatic carbocycles. The minimum Gasteiger partial charge on any atom is -0.481 e. The average molecular weight is 286 g/mol. The molecule has 116 valence electrons. The molecule has 1 fully saturated rings. The molecule has 6 nitrogen and oxygen atoms in total. The van der Waals surface area contributed by atoms with Gasteiger partial charge in [-0.3, -0.25) is 4.79 Å². The van der Waals surface area contributed by atoms with E-state index in [-0.39, 0.29) is 30.0 Å². The zero-order chi connectivity index (χ0) is 15.3. The minimum atomic E-state index is -0.840. The molecule has 0 aliphatic heterocycles. The van der Waals surface area contributed by atoms with E-state index >= 15 is 0 Å². The van der Waals surface area contributed by atoms with Gasteiger partial charge in [-0.25, -0.2) is 4.79 Å². The zero-order valence-electron chi connectivity index (χ0n) is 12.8. The van der Waals surface area contributed by atoms with Crippen LogP contribution in [0.2, 0.25) is 0 Å². The lowest BCUT2D eigenvalue weighted by Gasteiger charge is -2.54. The van der Waals surface area contributed by atoms with Crippen molar-refractivity contribution in [2.45, 2.75) is 52.2 Å². The van der Waals surface area contributed by atoms with E-state index in [0.717, 1.165) is 6.42 Å². The van der Waals surface area contributed by atoms with Crippen LogP contribution in [0.4, 0.5) is 4.79 Å². The number of nitrogens with one attached hydrogen (secondary N) is 1. The van der Waals surface area contributed by atoms with Gasteiger partial charge in [0.2, 0.25) is 0 Å². The van der Waals surface area contributed by atoms with Crippen molar-refractivity contribution in [3.63, 3.8) is 0 Å². The van der Waals surface area contributed by atoms with E-state index in [1.165, 1.54) is 0 Å². The second kappa shape index (κ2) is 6.92. The number of carboxylic acids is 1. The smallest absolute Gasteiger partial charge is 0.317 e. The summed E-state index contributed by atoms with van der Waals surface area (Å²) in [5.41, 5.74) is -0.0524. The Morgan fingerprint density at radius 1 is 1.45 bits per heavy atom. The summed E-state index contributed by atoms with van der Waals surface area (Å²) in [6.45, 7) is 7.26. The van der Waals surface area contributed by atoms with Gasteiger partial charge in [-0.1, -0.05) is 13.8 Å². The van der Waals surface area contributed by atoms with Crippen molar-refractivity contribution >= 4 is 12.0 Å². The maximum atomic E-state index is 12.0. The molecule has 0 spiro atoms. The summed E-state index contributed by atoms with van der Waals surface area (Å²) >= 11 is 0. The molecule has 0 bridgehead atoms. The van der Waals surface area contributed by atoms with Crippen LogP contribution in [-0.2, 0) is 9.53 Å². The predicted molar refractivity (Wildman–Crippen MR) is 75.6 cm³/mol. The molecule has 0 aromatic rings. The molecule has 0 radical (unpaired) electrons. The maximum absolute atomic E-state index is 12.0. The van der Waals surface area contributed by atoms with Gasteiger partial charge in [0.1, 0.15) is 0 Å². The molecular formula is C14H26N2O4. The van der Waals surface area contributed by atoms with Gasteiger partial charge in [-0.15, -0.1) is 0 Å². The molecule has 0 saturated heterocycles. The quantitative estimate of drug-likeness (QED) is 0.698. The van der Waals surface area contributed by atoms with Gasteiger partial charge >= 0.3 is 12.0 Å². The molecule has 1 aliphatic carbocycles. The van der Waals surface area contributed by atoms with Gasteiger partial charge in [-0.2, -0.15) is 0 Å². The molecule has 6 heteroatoms. The van der Waals surface area contributed by atoms with Crippen LogP contribution < -0.4 is 5.32 Å². The maximum Gasteiger partial charge on any atom is 0.317 e. The van der Waals surface area contributed by atoms with E-state index < -0.39 is 5.97 Å². The van der Waals surface area contributed by atoms with Crippen molar-refractivity contribution in [2.24, 2.45) is 5.41 Å². The van der Waals surface area contributed by atoms with Crippen molar-refractivity contribution in [3.05, 3.63) is 0 Å². The number of rotatable bonds is 7. The summed E-state index contributed by atoms with van der Waals surface area (Å²) in [6, 6.07) is 0.00179. The average Bonchev–Trinajstić information content (AvgIpc) is 2.38. The normalized spacial score (nSPS) is 23.8. The molecule has 1 saturated carbocycles. The topological polar surface area (TPSA) is 78.9 Å². The summed E-state index contributed by atoms with van der Waals surface area (Å²) < 4.78 is 5.65. The van der Waals surface area contributed by atoms with Crippen LogP contribution in [0.15, 0.2) is 0 Å². The van der Waals surface area contributed by atoms with Crippen LogP contribution >= 0.6 is 0 Å². The number of carbonyl (C=O) groups excluding carboxylic acids is 1. The number of amides is 2. The van der Waals surface area contributed by atoms with Gasteiger partial charge < -0.3 is 20.1 Å². The van der Waals surface area contributed by atoms with Gasteiger partial charge in [0.15, 0.2) is 0 Å². The molecule has 20 heavy (non-hydrogen) atoms. The lowest BCUT2D eigenvalue weighted by molar-refractivity contribution is -0.137. The van der Waals surface area contributed by atoms with Crippen molar-refractivity contribution in [2.75, 3.05) is 20.2 Å². The largest absolute Gasteiger partial charge is 0.481 e. The Bertz CT molecular complexity index is 357. The van der Waals surface area contributed by atoms with Crippen molar-refractivity contribution in [1.29, 1.82) is 0 Å². The Balaban J connectivity index is 2.37. The van der Waals surface area contributed by atoms with Gasteiger partial charge in [0, 0.05) is 38.1 Å². The molecular weight excluding hydrogens is 260 g/mol. The molecule has 2 N–H and O–H groups in total. The lowest BCUT2D eigenvalue weighted by atomic mass is 9.64. The van der Waals surface area contributed by atoms with Crippen LogP contribution in [0.3, 0.4) is 0 Å². The number of nitrogens with zero attached hydrogens (tertiary/aromatic N) is 1. The predicted octanol–water partition coefficient (Wildman–Crippen LogP) is 1.70. The van der Waals surface area contributed by atoms with Crippen LogP contribution in [0.25, 0.3) is 0 Å². The first-order chi connectivity index (χ1) is 9.30. The number of carboxylic acid groups (broad SMARTS) is 1. The van der Waals surface area contributed by atoms with Crippen molar-refractivity contribution < 1.29 is 19.4 Å². The highest BCUT2D eigenvalue weighted by Crippen LogP contribution is 2.45. The van der Waals surface area contributed by atoms with E-state index in [9.17, 15) is 9.59 Å². The number of carbonyl (C=O) groups is 2. The highest BCUT2D eigenvalue weighted by Gasteiger charge is 2.51. The Morgan fingerprint density at radius 3 is 2.60 bits per heavy atom. The van der Waals surface area contributed by atoms with Crippen molar-refractivity contribution in [3.8, 4) is 0 Å². The number of hydrogen-bond acceptors (Lipinski definition) is 3. The first kappa shape index (κ1) is 16.8. The minimum absolute atomic E-state index is 0.0524. The van der Waals surface area contributed by atoms with Gasteiger partial charge in [0.25, 0.3) is 0 Å². The number of ether oxygens (including phenoxy) is 1. The molecule has 1 rings (SSSR count). The summed E-state index contributed by atoms with van der Waals surface area (Å²) in [6.07, 6.45) is 1.57. The number of aliphatic carboxylic acids is 1. The standard InChI is InChI=1S/C14H26N2O4/c1-5-20-11-9-10(14(11,2)3)16(4)13(19)15-8-6-7-12(17)18/h10-11H,5-9H2,1-4H3,(H,15,19)(H,17,18). The molecule has 2 unspecified atom stereocenters. The highest BCUT2D eigenvalue weighted by molar-refractivity contribution is 5.74. The van der Waals surface area contributed by atoms with Crippen LogP contribution in [-0.4, -0.2) is 54.4 Å². The van der Waals surface area contributed by atoms with Gasteiger partial charge in [-0.05, 0) is 19.8 Å². The number of urea groups is 1. The zero-order valence-corrected chi connectivity index (χ0v) is 12.8. The van der Waals surface area contributed by atoms with Crippen LogP contribution in [0, 0.1) is 5.41 Å². The molecule has 2 atom stereocenters. The fraction of sp³-hybridized carbons (Fsp3) is 0.857. The Hall–Kier alpha value is -1.30. The van der Waals surface area contributed by atoms with Crippen LogP contribution in [0.5, 0.6) is 0 Å².